The molecule has 0 radical (unpaired) electrons. The van der Waals surface area contributed by atoms with Gasteiger partial charge in [-0.2, -0.15) is 0 Å². The van der Waals surface area contributed by atoms with Crippen LogP contribution in [-0.4, -0.2) is 35.4 Å². The number of rotatable bonds is 7. The third kappa shape index (κ3) is 5.00. The molecule has 0 amide bonds. The molecule has 2 heterocycles. The van der Waals surface area contributed by atoms with Crippen LogP contribution in [0.5, 0.6) is 5.19 Å². The predicted molar refractivity (Wildman–Crippen MR) is 114 cm³/mol. The van der Waals surface area contributed by atoms with E-state index >= 15 is 0 Å². The van der Waals surface area contributed by atoms with E-state index in [4.69, 9.17) is 4.74 Å². The van der Waals surface area contributed by atoms with E-state index in [1.54, 1.807) is 30.4 Å². The van der Waals surface area contributed by atoms with Crippen molar-refractivity contribution in [1.82, 2.24) is 9.88 Å². The monoisotopic (exact) mass is 412 g/mol. The fraction of sp³-hybridized carbons (Fsp3) is 0.391. The van der Waals surface area contributed by atoms with Crippen molar-refractivity contribution < 1.29 is 13.9 Å². The Morgan fingerprint density at radius 1 is 1.28 bits per heavy atom. The number of halogens is 1. The fourth-order valence-electron chi connectivity index (χ4n) is 4.03. The molecular formula is C23H25FN2O2S. The van der Waals surface area contributed by atoms with Crippen LogP contribution in [0, 0.1) is 11.7 Å². The van der Waals surface area contributed by atoms with E-state index in [1.807, 2.05) is 18.2 Å². The minimum Gasteiger partial charge on any atom is -0.470 e. The van der Waals surface area contributed by atoms with Crippen LogP contribution in [0.25, 0.3) is 10.2 Å². The minimum atomic E-state index is -0.254. The second-order valence-corrected chi connectivity index (χ2v) is 8.73. The van der Waals surface area contributed by atoms with E-state index in [9.17, 15) is 9.18 Å². The van der Waals surface area contributed by atoms with Crippen LogP contribution in [0.2, 0.25) is 0 Å². The summed E-state index contributed by atoms with van der Waals surface area (Å²) in [5.41, 5.74) is 1.96. The zero-order chi connectivity index (χ0) is 20.2. The maximum Gasteiger partial charge on any atom is 0.274 e. The van der Waals surface area contributed by atoms with E-state index in [0.29, 0.717) is 24.1 Å². The summed E-state index contributed by atoms with van der Waals surface area (Å²) in [7, 11) is 0. The average molecular weight is 413 g/mol. The summed E-state index contributed by atoms with van der Waals surface area (Å²) < 4.78 is 20.5. The molecule has 2 atom stereocenters. The zero-order valence-corrected chi connectivity index (χ0v) is 17.3. The highest BCUT2D eigenvalue weighted by Gasteiger charge is 2.28. The molecule has 1 aliphatic heterocycles. The number of carbonyl (C=O) groups is 1. The quantitative estimate of drug-likeness (QED) is 0.532. The van der Waals surface area contributed by atoms with Crippen molar-refractivity contribution in [3.63, 3.8) is 0 Å². The third-order valence-corrected chi connectivity index (χ3v) is 6.39. The molecule has 2 unspecified atom stereocenters. The van der Waals surface area contributed by atoms with E-state index in [2.05, 4.69) is 16.0 Å². The fourth-order valence-corrected chi connectivity index (χ4v) is 4.86. The lowest BCUT2D eigenvalue weighted by Gasteiger charge is -2.38. The normalized spacial score (nSPS) is 18.6. The molecule has 0 spiro atoms. The van der Waals surface area contributed by atoms with E-state index in [-0.39, 0.29) is 17.6 Å². The number of carbonyl (C=O) groups excluding carboxylic acids is 1. The van der Waals surface area contributed by atoms with Gasteiger partial charge in [-0.1, -0.05) is 35.6 Å². The van der Waals surface area contributed by atoms with Crippen molar-refractivity contribution in [3.8, 4) is 5.19 Å². The van der Waals surface area contributed by atoms with Gasteiger partial charge in [0, 0.05) is 24.9 Å². The maximum atomic E-state index is 13.4. The van der Waals surface area contributed by atoms with Crippen LogP contribution in [0.3, 0.4) is 0 Å². The molecule has 6 heteroatoms. The first-order valence-corrected chi connectivity index (χ1v) is 10.9. The van der Waals surface area contributed by atoms with Crippen LogP contribution in [0.15, 0.2) is 48.5 Å². The Kier molecular flexibility index (Phi) is 6.21. The Morgan fingerprint density at radius 2 is 2.07 bits per heavy atom. The lowest BCUT2D eigenvalue weighted by atomic mass is 9.93. The minimum absolute atomic E-state index is 0.0154. The Balaban J connectivity index is 1.42. The van der Waals surface area contributed by atoms with Crippen molar-refractivity contribution in [1.29, 1.82) is 0 Å². The Hall–Kier alpha value is -2.31. The summed E-state index contributed by atoms with van der Waals surface area (Å²) in [6.07, 6.45) is 2.60. The van der Waals surface area contributed by atoms with Gasteiger partial charge in [-0.25, -0.2) is 9.37 Å². The number of ketones is 1. The molecule has 152 valence electrons. The predicted octanol–water partition coefficient (Wildman–Crippen LogP) is 5.25. The third-order valence-electron chi connectivity index (χ3n) is 5.44. The van der Waals surface area contributed by atoms with Gasteiger partial charge in [0.25, 0.3) is 5.19 Å². The SMILES string of the molecule is CC(=O)CC(c1ccc(F)cc1)N1CCCC(COc2nc3ccccc3s2)C1. The summed E-state index contributed by atoms with van der Waals surface area (Å²) in [6, 6.07) is 14.6. The number of ether oxygens (including phenoxy) is 1. The number of aromatic nitrogens is 1. The summed E-state index contributed by atoms with van der Waals surface area (Å²) >= 11 is 1.57. The smallest absolute Gasteiger partial charge is 0.274 e. The van der Waals surface area contributed by atoms with Gasteiger partial charge in [-0.15, -0.1) is 0 Å². The number of hydrogen-bond acceptors (Lipinski definition) is 5. The molecule has 0 N–H and O–H groups in total. The number of para-hydroxylation sites is 1. The van der Waals surface area contributed by atoms with Gasteiger partial charge in [0.2, 0.25) is 0 Å². The molecule has 0 saturated carbocycles. The van der Waals surface area contributed by atoms with Crippen molar-refractivity contribution in [2.75, 3.05) is 19.7 Å². The maximum absolute atomic E-state index is 13.4. The van der Waals surface area contributed by atoms with Crippen LogP contribution >= 0.6 is 11.3 Å². The summed E-state index contributed by atoms with van der Waals surface area (Å²) in [5, 5.41) is 0.710. The first kappa shape index (κ1) is 20.0. The topological polar surface area (TPSA) is 42.4 Å². The first-order chi connectivity index (χ1) is 14.1. The van der Waals surface area contributed by atoms with Crippen LogP contribution in [0.1, 0.15) is 37.8 Å². The molecule has 2 aromatic carbocycles. The highest BCUT2D eigenvalue weighted by molar-refractivity contribution is 7.20. The highest BCUT2D eigenvalue weighted by Crippen LogP contribution is 2.32. The summed E-state index contributed by atoms with van der Waals surface area (Å²) in [5.74, 6) is 0.272. The molecule has 0 bridgehead atoms. The van der Waals surface area contributed by atoms with Gasteiger partial charge in [0.15, 0.2) is 0 Å². The molecule has 4 nitrogen and oxygen atoms in total. The average Bonchev–Trinajstić information content (AvgIpc) is 3.14. The van der Waals surface area contributed by atoms with Gasteiger partial charge in [0.1, 0.15) is 11.6 Å². The van der Waals surface area contributed by atoms with Crippen molar-refractivity contribution in [2.45, 2.75) is 32.2 Å². The van der Waals surface area contributed by atoms with Gasteiger partial charge >= 0.3 is 0 Å². The summed E-state index contributed by atoms with van der Waals surface area (Å²) in [6.45, 7) is 4.04. The number of Topliss-reactive ketones (excluding diaryl/α,β-unsaturated/α-hetero) is 1. The van der Waals surface area contributed by atoms with Gasteiger partial charge in [0.05, 0.1) is 16.8 Å². The van der Waals surface area contributed by atoms with Crippen LogP contribution in [0.4, 0.5) is 4.39 Å². The van der Waals surface area contributed by atoms with Crippen molar-refractivity contribution in [2.24, 2.45) is 5.92 Å². The molecule has 1 aliphatic rings. The van der Waals surface area contributed by atoms with Gasteiger partial charge < -0.3 is 4.74 Å². The number of nitrogens with zero attached hydrogens (tertiary/aromatic N) is 2. The first-order valence-electron chi connectivity index (χ1n) is 10.1. The molecule has 4 rings (SSSR count). The Labute approximate surface area is 174 Å². The number of piperidine rings is 1. The number of hydrogen-bond donors (Lipinski definition) is 0. The molecule has 3 aromatic rings. The molecule has 29 heavy (non-hydrogen) atoms. The lowest BCUT2D eigenvalue weighted by molar-refractivity contribution is -0.118. The van der Waals surface area contributed by atoms with Crippen LogP contribution < -0.4 is 4.74 Å². The largest absolute Gasteiger partial charge is 0.470 e. The van der Waals surface area contributed by atoms with Crippen LogP contribution in [-0.2, 0) is 4.79 Å². The second-order valence-electron chi connectivity index (χ2n) is 7.74. The molecule has 1 aromatic heterocycles. The zero-order valence-electron chi connectivity index (χ0n) is 16.5. The van der Waals surface area contributed by atoms with Crippen molar-refractivity contribution >= 4 is 27.3 Å². The molecule has 1 saturated heterocycles. The number of likely N-dealkylation sites (tertiary alicyclic amines) is 1. The van der Waals surface area contributed by atoms with Crippen molar-refractivity contribution in [3.05, 3.63) is 59.9 Å². The van der Waals surface area contributed by atoms with E-state index in [0.717, 1.165) is 41.7 Å². The second kappa shape index (κ2) is 9.01. The van der Waals surface area contributed by atoms with Gasteiger partial charge in [-0.05, 0) is 56.1 Å². The standard InChI is InChI=1S/C23H25FN2O2S/c1-16(27)13-21(18-8-10-19(24)11-9-18)26-12-4-5-17(14-26)15-28-23-25-20-6-2-3-7-22(20)29-23/h2-3,6-11,17,21H,4-5,12-15H2,1H3. The Bertz CT molecular complexity index is 939. The molecule has 1 fully saturated rings. The Morgan fingerprint density at radius 3 is 2.83 bits per heavy atom. The lowest BCUT2D eigenvalue weighted by Crippen LogP contribution is -2.40. The number of benzene rings is 2. The van der Waals surface area contributed by atoms with Gasteiger partial charge in [-0.3, -0.25) is 9.69 Å². The highest BCUT2D eigenvalue weighted by atomic mass is 32.1. The summed E-state index contributed by atoms with van der Waals surface area (Å²) in [4.78, 5) is 18.8. The molecular weight excluding hydrogens is 387 g/mol. The number of fused-ring (bicyclic) bond motifs is 1. The molecule has 0 aliphatic carbocycles. The number of thiazole rings is 1. The van der Waals surface area contributed by atoms with E-state index < -0.39 is 0 Å². The van der Waals surface area contributed by atoms with E-state index in [1.165, 1.54) is 12.1 Å².